The van der Waals surface area contributed by atoms with E-state index in [2.05, 4.69) is 34.6 Å². The zero-order valence-corrected chi connectivity index (χ0v) is 15.9. The quantitative estimate of drug-likeness (QED) is 0.341. The molecule has 0 fully saturated rings. The smallest absolute Gasteiger partial charge is 1.00 e. The summed E-state index contributed by atoms with van der Waals surface area (Å²) in [5.74, 6) is 0. The van der Waals surface area contributed by atoms with Crippen LogP contribution in [0.15, 0.2) is 17.7 Å². The minimum atomic E-state index is 0. The first kappa shape index (κ1) is 31.5. The topological polar surface area (TPSA) is 18.5 Å². The molecule has 0 unspecified atom stereocenters. The Morgan fingerprint density at radius 3 is 1.89 bits per heavy atom. The molecular weight excluding hydrogens is 374 g/mol. The Kier molecular flexibility index (Phi) is 46.7. The zero-order valence-electron chi connectivity index (χ0n) is 11.1. The summed E-state index contributed by atoms with van der Waals surface area (Å²) < 4.78 is 9.31. The predicted octanol–water partition coefficient (Wildman–Crippen LogP) is -6.24. The molecule has 0 saturated carbocycles. The Morgan fingerprint density at radius 1 is 1.11 bits per heavy atom. The normalized spacial score (nSPS) is 10.5. The molecule has 6 heteroatoms. The number of hydrogen-bond donors (Lipinski definition) is 0. The van der Waals surface area contributed by atoms with Gasteiger partial charge in [0.1, 0.15) is 0 Å². The summed E-state index contributed by atoms with van der Waals surface area (Å²) in [7, 11) is 3.30. The second-order valence-electron chi connectivity index (χ2n) is 3.04. The summed E-state index contributed by atoms with van der Waals surface area (Å²) in [4.78, 5) is 0. The van der Waals surface area contributed by atoms with Crippen LogP contribution in [0.2, 0.25) is 0 Å². The fourth-order valence-corrected chi connectivity index (χ4v) is 1.06. The van der Waals surface area contributed by atoms with Crippen LogP contribution in [-0.2, 0) is 35.7 Å². The standard InChI is InChI=1S/C8H11.C4H10O2.3ClH.Zr/c1-2-5-8-6-3-4-7-8;1-5-3-4-6-2;;;;/h3,6H,2,4-5H2,1H3;3-4H2,1-2H3;3*1H;/q-1;;;;;+4/p-3. The van der Waals surface area contributed by atoms with Crippen LogP contribution >= 0.6 is 0 Å². The molecule has 0 spiro atoms. The first-order valence-corrected chi connectivity index (χ1v) is 5.09. The maximum atomic E-state index is 4.66. The van der Waals surface area contributed by atoms with Gasteiger partial charge in [0.25, 0.3) is 0 Å². The van der Waals surface area contributed by atoms with Crippen LogP contribution < -0.4 is 37.2 Å². The van der Waals surface area contributed by atoms with Gasteiger partial charge in [-0.25, -0.2) is 11.6 Å². The van der Waals surface area contributed by atoms with Gasteiger partial charge in [0.2, 0.25) is 0 Å². The Balaban J connectivity index is -0.0000000527. The van der Waals surface area contributed by atoms with Gasteiger partial charge in [0.15, 0.2) is 0 Å². The number of rotatable bonds is 5. The third-order valence-corrected chi connectivity index (χ3v) is 1.78. The molecule has 1 aliphatic carbocycles. The third-order valence-electron chi connectivity index (χ3n) is 1.78. The van der Waals surface area contributed by atoms with E-state index in [1.54, 1.807) is 14.2 Å². The third kappa shape index (κ3) is 22.3. The molecule has 0 atom stereocenters. The summed E-state index contributed by atoms with van der Waals surface area (Å²) in [6.07, 6.45) is 11.1. The van der Waals surface area contributed by atoms with E-state index in [9.17, 15) is 0 Å². The molecular formula is C12H21Cl3O2Zr. The van der Waals surface area contributed by atoms with Crippen LogP contribution in [0.1, 0.15) is 26.2 Å². The molecule has 0 aromatic rings. The van der Waals surface area contributed by atoms with Crippen LogP contribution in [0.5, 0.6) is 0 Å². The van der Waals surface area contributed by atoms with Crippen molar-refractivity contribution in [2.24, 2.45) is 0 Å². The van der Waals surface area contributed by atoms with E-state index in [1.165, 1.54) is 18.4 Å². The number of methoxy groups -OCH3 is 2. The van der Waals surface area contributed by atoms with E-state index in [0.29, 0.717) is 13.2 Å². The Labute approximate surface area is 149 Å². The van der Waals surface area contributed by atoms with Gasteiger partial charge in [-0.2, -0.15) is 6.08 Å². The van der Waals surface area contributed by atoms with Gasteiger partial charge in [-0.1, -0.05) is 19.8 Å². The minimum absolute atomic E-state index is 0. The molecule has 0 heterocycles. The largest absolute Gasteiger partial charge is 4.00 e. The fraction of sp³-hybridized carbons (Fsp3) is 0.667. The monoisotopic (exact) mass is 392 g/mol. The second-order valence-corrected chi connectivity index (χ2v) is 3.04. The van der Waals surface area contributed by atoms with Gasteiger partial charge in [0, 0.05) is 14.2 Å². The van der Waals surface area contributed by atoms with Crippen molar-refractivity contribution >= 4 is 0 Å². The fourth-order valence-electron chi connectivity index (χ4n) is 1.06. The molecule has 1 rings (SSSR count). The molecule has 0 aromatic carbocycles. The van der Waals surface area contributed by atoms with Gasteiger partial charge in [-0.15, -0.1) is 6.42 Å². The SMILES string of the molecule is CCCC1=[C-]CC=C1.COCCOC.[Cl-].[Cl-].[Cl-].[Zr+4]. The molecule has 0 radical (unpaired) electrons. The molecule has 0 aromatic heterocycles. The minimum Gasteiger partial charge on any atom is -1.00 e. The van der Waals surface area contributed by atoms with E-state index in [1.807, 2.05) is 0 Å². The number of allylic oxidation sites excluding steroid dienone is 4. The van der Waals surface area contributed by atoms with Crippen LogP contribution in [0, 0.1) is 6.08 Å². The van der Waals surface area contributed by atoms with Gasteiger partial charge in [-0.3, -0.25) is 6.08 Å². The van der Waals surface area contributed by atoms with Crippen molar-refractivity contribution in [2.75, 3.05) is 27.4 Å². The molecule has 18 heavy (non-hydrogen) atoms. The van der Waals surface area contributed by atoms with E-state index in [4.69, 9.17) is 0 Å². The second kappa shape index (κ2) is 26.7. The number of ether oxygens (including phenoxy) is 2. The van der Waals surface area contributed by atoms with Crippen molar-refractivity contribution in [3.05, 3.63) is 23.8 Å². The Bertz CT molecular complexity index is 184. The van der Waals surface area contributed by atoms with Gasteiger partial charge >= 0.3 is 26.2 Å². The van der Waals surface area contributed by atoms with Crippen molar-refractivity contribution in [3.63, 3.8) is 0 Å². The van der Waals surface area contributed by atoms with Crippen LogP contribution in [0.25, 0.3) is 0 Å². The summed E-state index contributed by atoms with van der Waals surface area (Å²) in [6, 6.07) is 0. The molecule has 0 amide bonds. The average Bonchev–Trinajstić information content (AvgIpc) is 2.69. The zero-order chi connectivity index (χ0) is 10.6. The molecule has 0 bridgehead atoms. The van der Waals surface area contributed by atoms with Crippen molar-refractivity contribution < 1.29 is 72.9 Å². The number of hydrogen-bond acceptors (Lipinski definition) is 2. The molecule has 0 aliphatic heterocycles. The molecule has 106 valence electrons. The average molecular weight is 395 g/mol. The van der Waals surface area contributed by atoms with Gasteiger partial charge < -0.3 is 46.7 Å². The summed E-state index contributed by atoms with van der Waals surface area (Å²) in [6.45, 7) is 3.58. The molecule has 0 N–H and O–H groups in total. The summed E-state index contributed by atoms with van der Waals surface area (Å²) in [5.41, 5.74) is 1.40. The van der Waals surface area contributed by atoms with Crippen molar-refractivity contribution in [3.8, 4) is 0 Å². The van der Waals surface area contributed by atoms with E-state index >= 15 is 0 Å². The van der Waals surface area contributed by atoms with E-state index < -0.39 is 0 Å². The van der Waals surface area contributed by atoms with Gasteiger partial charge in [0.05, 0.1) is 13.2 Å². The van der Waals surface area contributed by atoms with Crippen molar-refractivity contribution in [1.82, 2.24) is 0 Å². The van der Waals surface area contributed by atoms with E-state index in [-0.39, 0.29) is 63.4 Å². The maximum absolute atomic E-state index is 4.66. The van der Waals surface area contributed by atoms with Crippen molar-refractivity contribution in [2.45, 2.75) is 26.2 Å². The van der Waals surface area contributed by atoms with Crippen LogP contribution in [0.3, 0.4) is 0 Å². The Morgan fingerprint density at radius 2 is 1.61 bits per heavy atom. The van der Waals surface area contributed by atoms with Crippen LogP contribution in [0.4, 0.5) is 0 Å². The first-order valence-electron chi connectivity index (χ1n) is 5.09. The predicted molar refractivity (Wildman–Crippen MR) is 59.2 cm³/mol. The number of halogens is 3. The maximum Gasteiger partial charge on any atom is 4.00 e. The molecule has 2 nitrogen and oxygen atoms in total. The van der Waals surface area contributed by atoms with E-state index in [0.717, 1.165) is 6.42 Å². The Hall–Kier alpha value is 1.15. The summed E-state index contributed by atoms with van der Waals surface area (Å²) in [5, 5.41) is 0. The van der Waals surface area contributed by atoms with Gasteiger partial charge in [-0.05, 0) is 0 Å². The van der Waals surface area contributed by atoms with Crippen LogP contribution in [-0.4, -0.2) is 27.4 Å². The molecule has 0 saturated heterocycles. The molecule has 1 aliphatic rings. The summed E-state index contributed by atoms with van der Waals surface area (Å²) >= 11 is 0. The first-order chi connectivity index (χ1) is 6.85. The van der Waals surface area contributed by atoms with Crippen molar-refractivity contribution in [1.29, 1.82) is 0 Å².